The van der Waals surface area contributed by atoms with Crippen molar-refractivity contribution in [2.75, 3.05) is 26.7 Å². The predicted molar refractivity (Wildman–Crippen MR) is 63.8 cm³/mol. The molecule has 15 heavy (non-hydrogen) atoms. The monoisotopic (exact) mass is 214 g/mol. The van der Waals surface area contributed by atoms with Crippen LogP contribution in [0.4, 0.5) is 0 Å². The van der Waals surface area contributed by atoms with Crippen LogP contribution in [-0.2, 0) is 0 Å². The van der Waals surface area contributed by atoms with Crippen LogP contribution in [-0.4, -0.2) is 42.8 Å². The molecule has 0 aliphatic heterocycles. The van der Waals surface area contributed by atoms with Gasteiger partial charge < -0.3 is 15.7 Å². The Morgan fingerprint density at radius 2 is 2.00 bits per heavy atom. The van der Waals surface area contributed by atoms with Crippen molar-refractivity contribution in [3.8, 4) is 0 Å². The minimum atomic E-state index is 0.318. The lowest BCUT2D eigenvalue weighted by molar-refractivity contribution is 0.129. The lowest BCUT2D eigenvalue weighted by Gasteiger charge is -2.37. The highest BCUT2D eigenvalue weighted by Gasteiger charge is 2.26. The molecule has 0 radical (unpaired) electrons. The molecule has 0 aromatic rings. The molecule has 0 aromatic heterocycles. The van der Waals surface area contributed by atoms with Gasteiger partial charge in [-0.15, -0.1) is 0 Å². The highest BCUT2D eigenvalue weighted by atomic mass is 16.2. The third kappa shape index (κ3) is 4.09. The normalized spacial score (nSPS) is 27.2. The van der Waals surface area contributed by atoms with Gasteiger partial charge in [0.15, 0.2) is 0 Å². The van der Waals surface area contributed by atoms with E-state index < -0.39 is 0 Å². The average molecular weight is 214 g/mol. The van der Waals surface area contributed by atoms with Gasteiger partial charge in [0, 0.05) is 12.6 Å². The molecule has 0 amide bonds. The van der Waals surface area contributed by atoms with Crippen LogP contribution in [0.3, 0.4) is 0 Å². The van der Waals surface area contributed by atoms with Gasteiger partial charge in [0.25, 0.3) is 0 Å². The predicted octanol–water partition coefficient (Wildman–Crippen LogP) is 1.21. The van der Waals surface area contributed by atoms with Crippen LogP contribution in [0.2, 0.25) is 0 Å². The highest BCUT2D eigenvalue weighted by molar-refractivity contribution is 4.82. The first-order chi connectivity index (χ1) is 7.29. The lowest BCUT2D eigenvalue weighted by atomic mass is 9.83. The summed E-state index contributed by atoms with van der Waals surface area (Å²) in [4.78, 5) is 2.45. The molecule has 1 aliphatic rings. The molecule has 0 heterocycles. The highest BCUT2D eigenvalue weighted by Crippen LogP contribution is 2.27. The summed E-state index contributed by atoms with van der Waals surface area (Å²) in [7, 11) is 2.20. The number of unbranched alkanes of at least 4 members (excludes halogenated alkanes) is 1. The van der Waals surface area contributed by atoms with Crippen molar-refractivity contribution in [3.63, 3.8) is 0 Å². The molecular formula is C12H26N2O. The van der Waals surface area contributed by atoms with Crippen molar-refractivity contribution in [2.45, 2.75) is 44.6 Å². The number of nitrogens with two attached hydrogens (primary N) is 1. The molecule has 3 heteroatoms. The number of aliphatic hydroxyl groups is 1. The fourth-order valence-corrected chi connectivity index (χ4v) is 2.68. The molecule has 0 bridgehead atoms. The fourth-order valence-electron chi connectivity index (χ4n) is 2.68. The molecule has 1 fully saturated rings. The topological polar surface area (TPSA) is 49.5 Å². The Kier molecular flexibility index (Phi) is 6.22. The van der Waals surface area contributed by atoms with Gasteiger partial charge in [-0.25, -0.2) is 0 Å². The third-order valence-corrected chi connectivity index (χ3v) is 3.66. The Hall–Kier alpha value is -0.120. The summed E-state index contributed by atoms with van der Waals surface area (Å²) < 4.78 is 0. The smallest absolute Gasteiger partial charge is 0.0431 e. The quantitative estimate of drug-likeness (QED) is 0.653. The summed E-state index contributed by atoms with van der Waals surface area (Å²) in [6.45, 7) is 2.25. The van der Waals surface area contributed by atoms with Crippen LogP contribution in [0.5, 0.6) is 0 Å². The van der Waals surface area contributed by atoms with E-state index in [1.54, 1.807) is 0 Å². The molecule has 1 saturated carbocycles. The van der Waals surface area contributed by atoms with E-state index in [-0.39, 0.29) is 0 Å². The number of hydrogen-bond donors (Lipinski definition) is 2. The Bertz CT molecular complexity index is 164. The van der Waals surface area contributed by atoms with Crippen molar-refractivity contribution >= 4 is 0 Å². The second-order valence-corrected chi connectivity index (χ2v) is 4.76. The van der Waals surface area contributed by atoms with Crippen LogP contribution in [0, 0.1) is 5.92 Å². The average Bonchev–Trinajstić information content (AvgIpc) is 2.29. The Labute approximate surface area is 93.6 Å². The Morgan fingerprint density at radius 1 is 1.27 bits per heavy atom. The zero-order chi connectivity index (χ0) is 11.1. The number of hydrogen-bond acceptors (Lipinski definition) is 3. The van der Waals surface area contributed by atoms with Crippen molar-refractivity contribution in [3.05, 3.63) is 0 Å². The van der Waals surface area contributed by atoms with Crippen LogP contribution < -0.4 is 5.73 Å². The van der Waals surface area contributed by atoms with Gasteiger partial charge in [0.05, 0.1) is 0 Å². The van der Waals surface area contributed by atoms with Crippen molar-refractivity contribution < 1.29 is 5.11 Å². The Morgan fingerprint density at radius 3 is 2.67 bits per heavy atom. The molecule has 3 N–H and O–H groups in total. The number of rotatable bonds is 6. The first-order valence-electron chi connectivity index (χ1n) is 6.30. The zero-order valence-electron chi connectivity index (χ0n) is 9.99. The van der Waals surface area contributed by atoms with Crippen molar-refractivity contribution in [1.82, 2.24) is 4.90 Å². The molecule has 2 unspecified atom stereocenters. The summed E-state index contributed by atoms with van der Waals surface area (Å²) in [5.74, 6) is 0.692. The second-order valence-electron chi connectivity index (χ2n) is 4.76. The van der Waals surface area contributed by atoms with Gasteiger partial charge in [-0.1, -0.05) is 12.8 Å². The maximum absolute atomic E-state index is 8.75. The maximum atomic E-state index is 8.75. The largest absolute Gasteiger partial charge is 0.396 e. The molecule has 2 atom stereocenters. The van der Waals surface area contributed by atoms with Gasteiger partial charge in [0.1, 0.15) is 0 Å². The van der Waals surface area contributed by atoms with Crippen LogP contribution in [0.15, 0.2) is 0 Å². The molecule has 3 nitrogen and oxygen atoms in total. The minimum absolute atomic E-state index is 0.318. The van der Waals surface area contributed by atoms with Crippen molar-refractivity contribution in [2.24, 2.45) is 11.7 Å². The molecule has 0 spiro atoms. The van der Waals surface area contributed by atoms with E-state index in [4.69, 9.17) is 10.8 Å². The SMILES string of the molecule is CN(CCCCO)C1CCCCC1CN. The van der Waals surface area contributed by atoms with E-state index in [9.17, 15) is 0 Å². The van der Waals surface area contributed by atoms with Crippen molar-refractivity contribution in [1.29, 1.82) is 0 Å². The Balaban J connectivity index is 2.31. The summed E-state index contributed by atoms with van der Waals surface area (Å²) in [5, 5.41) is 8.75. The van der Waals surface area contributed by atoms with Gasteiger partial charge in [-0.05, 0) is 51.7 Å². The lowest BCUT2D eigenvalue weighted by Crippen LogP contribution is -2.43. The van der Waals surface area contributed by atoms with E-state index in [0.717, 1.165) is 25.9 Å². The molecule has 1 aliphatic carbocycles. The second kappa shape index (κ2) is 7.20. The van der Waals surface area contributed by atoms with E-state index >= 15 is 0 Å². The van der Waals surface area contributed by atoms with E-state index in [0.29, 0.717) is 18.6 Å². The van der Waals surface area contributed by atoms with Gasteiger partial charge in [-0.3, -0.25) is 0 Å². The molecule has 0 saturated heterocycles. The summed E-state index contributed by atoms with van der Waals surface area (Å²) in [6.07, 6.45) is 7.32. The van der Waals surface area contributed by atoms with E-state index in [1.807, 2.05) is 0 Å². The number of aliphatic hydroxyl groups excluding tert-OH is 1. The van der Waals surface area contributed by atoms with Crippen LogP contribution >= 0.6 is 0 Å². The van der Waals surface area contributed by atoms with Gasteiger partial charge in [-0.2, -0.15) is 0 Å². The summed E-state index contributed by atoms with van der Waals surface area (Å²) in [5.41, 5.74) is 5.82. The van der Waals surface area contributed by atoms with E-state index in [2.05, 4.69) is 11.9 Å². The van der Waals surface area contributed by atoms with Gasteiger partial charge in [0.2, 0.25) is 0 Å². The van der Waals surface area contributed by atoms with Gasteiger partial charge >= 0.3 is 0 Å². The molecule has 1 rings (SSSR count). The zero-order valence-corrected chi connectivity index (χ0v) is 9.99. The number of nitrogens with zero attached hydrogens (tertiary/aromatic N) is 1. The van der Waals surface area contributed by atoms with E-state index in [1.165, 1.54) is 25.7 Å². The van der Waals surface area contributed by atoms with Crippen LogP contribution in [0.25, 0.3) is 0 Å². The summed E-state index contributed by atoms with van der Waals surface area (Å²) >= 11 is 0. The summed E-state index contributed by atoms with van der Waals surface area (Å²) in [6, 6.07) is 0.683. The molecular weight excluding hydrogens is 188 g/mol. The maximum Gasteiger partial charge on any atom is 0.0431 e. The standard InChI is InChI=1S/C12H26N2O/c1-14(8-4-5-9-15)12-7-3-2-6-11(12)10-13/h11-12,15H,2-10,13H2,1H3. The van der Waals surface area contributed by atoms with Crippen LogP contribution in [0.1, 0.15) is 38.5 Å². The first kappa shape index (κ1) is 12.9. The minimum Gasteiger partial charge on any atom is -0.396 e. The fraction of sp³-hybridized carbons (Fsp3) is 1.00. The first-order valence-corrected chi connectivity index (χ1v) is 6.30. The molecule has 0 aromatic carbocycles. The third-order valence-electron chi connectivity index (χ3n) is 3.66. The molecule has 90 valence electrons.